The smallest absolute Gasteiger partial charge is 0.156 e. The molecule has 5 heteroatoms. The normalized spacial score (nSPS) is 11.1. The second-order valence-electron chi connectivity index (χ2n) is 5.75. The average molecular weight is 338 g/mol. The van der Waals surface area contributed by atoms with Gasteiger partial charge in [-0.25, -0.2) is 4.98 Å². The Morgan fingerprint density at radius 2 is 1.83 bits per heavy atom. The van der Waals surface area contributed by atoms with E-state index in [1.165, 1.54) is 0 Å². The molecule has 0 aliphatic heterocycles. The minimum atomic E-state index is 0.649. The Balaban J connectivity index is 1.95. The number of nitrogens with one attached hydrogen (secondary N) is 1. The number of pyridine rings is 1. The number of anilines is 2. The maximum absolute atomic E-state index is 6.19. The molecule has 0 bridgehead atoms. The number of hydrogen-bond acceptors (Lipinski definition) is 3. The second-order valence-corrected chi connectivity index (χ2v) is 6.19. The van der Waals surface area contributed by atoms with E-state index < -0.39 is 0 Å². The Morgan fingerprint density at radius 1 is 1.04 bits per heavy atom. The third kappa shape index (κ3) is 2.45. The predicted octanol–water partition coefficient (Wildman–Crippen LogP) is 5.61. The molecule has 3 heterocycles. The highest BCUT2D eigenvalue weighted by Gasteiger charge is 2.18. The molecule has 0 radical (unpaired) electrons. The van der Waals surface area contributed by atoms with Crippen molar-refractivity contribution >= 4 is 28.8 Å². The number of furan rings is 1. The van der Waals surface area contributed by atoms with Crippen LogP contribution in [0.3, 0.4) is 0 Å². The van der Waals surface area contributed by atoms with E-state index in [1.807, 2.05) is 34.9 Å². The fraction of sp³-hybridized carbons (Fsp3) is 0.105. The lowest BCUT2D eigenvalue weighted by Crippen LogP contribution is -2.00. The molecule has 1 N–H and O–H groups in total. The standard InChI is InChI=1S/C19H16ClN3O/c1-12-5-3-6-13(2)17(12)22-19-18(15-7-4-10-24-15)21-16-9-8-14(20)11-23(16)19/h3-11,22H,1-2H3. The van der Waals surface area contributed by atoms with E-state index in [0.717, 1.165) is 34.0 Å². The average Bonchev–Trinajstić information content (AvgIpc) is 3.18. The largest absolute Gasteiger partial charge is 0.463 e. The van der Waals surface area contributed by atoms with Crippen LogP contribution in [0, 0.1) is 13.8 Å². The number of rotatable bonds is 3. The van der Waals surface area contributed by atoms with Crippen LogP contribution in [0.25, 0.3) is 17.1 Å². The number of fused-ring (bicyclic) bond motifs is 1. The number of nitrogens with zero attached hydrogens (tertiary/aromatic N) is 2. The van der Waals surface area contributed by atoms with Gasteiger partial charge in [0.25, 0.3) is 0 Å². The first-order valence-electron chi connectivity index (χ1n) is 7.68. The third-order valence-corrected chi connectivity index (χ3v) is 4.29. The molecule has 0 saturated heterocycles. The fourth-order valence-electron chi connectivity index (χ4n) is 2.85. The van der Waals surface area contributed by atoms with Crippen molar-refractivity contribution in [2.45, 2.75) is 13.8 Å². The molecule has 0 aliphatic carbocycles. The molecule has 0 aliphatic rings. The molecular formula is C19H16ClN3O. The van der Waals surface area contributed by atoms with Crippen molar-refractivity contribution in [2.75, 3.05) is 5.32 Å². The van der Waals surface area contributed by atoms with Crippen LogP contribution in [0.5, 0.6) is 0 Å². The molecule has 0 unspecified atom stereocenters. The van der Waals surface area contributed by atoms with Gasteiger partial charge >= 0.3 is 0 Å². The van der Waals surface area contributed by atoms with Crippen molar-refractivity contribution in [2.24, 2.45) is 0 Å². The monoisotopic (exact) mass is 337 g/mol. The lowest BCUT2D eigenvalue weighted by molar-refractivity contribution is 0.581. The molecule has 24 heavy (non-hydrogen) atoms. The van der Waals surface area contributed by atoms with Gasteiger partial charge in [-0.15, -0.1) is 0 Å². The number of hydrogen-bond donors (Lipinski definition) is 1. The topological polar surface area (TPSA) is 42.5 Å². The second kappa shape index (κ2) is 5.73. The van der Waals surface area contributed by atoms with Gasteiger partial charge in [-0.05, 0) is 49.2 Å². The van der Waals surface area contributed by atoms with Gasteiger partial charge < -0.3 is 9.73 Å². The summed E-state index contributed by atoms with van der Waals surface area (Å²) in [7, 11) is 0. The minimum Gasteiger partial charge on any atom is -0.463 e. The van der Waals surface area contributed by atoms with Crippen LogP contribution in [0.15, 0.2) is 59.3 Å². The zero-order chi connectivity index (χ0) is 16.7. The number of imidazole rings is 1. The Bertz CT molecular complexity index is 998. The molecular weight excluding hydrogens is 322 g/mol. The fourth-order valence-corrected chi connectivity index (χ4v) is 3.01. The van der Waals surface area contributed by atoms with Gasteiger partial charge in [0.1, 0.15) is 17.2 Å². The van der Waals surface area contributed by atoms with Crippen molar-refractivity contribution in [3.05, 3.63) is 71.1 Å². The van der Waals surface area contributed by atoms with Gasteiger partial charge in [-0.1, -0.05) is 29.8 Å². The summed E-state index contributed by atoms with van der Waals surface area (Å²) in [5, 5.41) is 4.18. The van der Waals surface area contributed by atoms with Crippen LogP contribution in [-0.4, -0.2) is 9.38 Å². The van der Waals surface area contributed by atoms with Gasteiger partial charge in [0.15, 0.2) is 5.76 Å². The van der Waals surface area contributed by atoms with Crippen LogP contribution in [-0.2, 0) is 0 Å². The van der Waals surface area contributed by atoms with E-state index in [0.29, 0.717) is 10.8 Å². The molecule has 120 valence electrons. The maximum atomic E-state index is 6.19. The van der Waals surface area contributed by atoms with Gasteiger partial charge in [0, 0.05) is 11.9 Å². The summed E-state index contributed by atoms with van der Waals surface area (Å²) in [6.07, 6.45) is 3.50. The van der Waals surface area contributed by atoms with E-state index in [4.69, 9.17) is 21.0 Å². The highest BCUT2D eigenvalue weighted by atomic mass is 35.5. The predicted molar refractivity (Wildman–Crippen MR) is 97.1 cm³/mol. The molecule has 3 aromatic heterocycles. The summed E-state index contributed by atoms with van der Waals surface area (Å²) in [4.78, 5) is 4.70. The number of aryl methyl sites for hydroxylation is 2. The number of aromatic nitrogens is 2. The molecule has 0 fully saturated rings. The molecule has 1 aromatic carbocycles. The summed E-state index contributed by atoms with van der Waals surface area (Å²) in [6.45, 7) is 4.16. The number of benzene rings is 1. The van der Waals surface area contributed by atoms with E-state index in [1.54, 1.807) is 6.26 Å². The summed E-state index contributed by atoms with van der Waals surface area (Å²) < 4.78 is 7.52. The van der Waals surface area contributed by atoms with Gasteiger partial charge in [0.05, 0.1) is 11.3 Å². The van der Waals surface area contributed by atoms with Gasteiger partial charge in [-0.3, -0.25) is 4.40 Å². The molecule has 4 aromatic rings. The maximum Gasteiger partial charge on any atom is 0.156 e. The first-order chi connectivity index (χ1) is 11.6. The summed E-state index contributed by atoms with van der Waals surface area (Å²) in [5.74, 6) is 1.54. The van der Waals surface area contributed by atoms with Gasteiger partial charge in [0.2, 0.25) is 0 Å². The van der Waals surface area contributed by atoms with Crippen molar-refractivity contribution in [3.8, 4) is 11.5 Å². The Kier molecular flexibility index (Phi) is 3.54. The molecule has 4 nitrogen and oxygen atoms in total. The van der Waals surface area contributed by atoms with Crippen LogP contribution in [0.2, 0.25) is 5.02 Å². The molecule has 0 saturated carbocycles. The van der Waals surface area contributed by atoms with E-state index in [-0.39, 0.29) is 0 Å². The first kappa shape index (κ1) is 14.8. The molecule has 4 rings (SSSR count). The highest BCUT2D eigenvalue weighted by molar-refractivity contribution is 6.30. The van der Waals surface area contributed by atoms with Crippen molar-refractivity contribution < 1.29 is 4.42 Å². The van der Waals surface area contributed by atoms with Crippen molar-refractivity contribution in [3.63, 3.8) is 0 Å². The first-order valence-corrected chi connectivity index (χ1v) is 8.06. The van der Waals surface area contributed by atoms with Crippen molar-refractivity contribution in [1.82, 2.24) is 9.38 Å². The molecule has 0 atom stereocenters. The number of halogens is 1. The summed E-state index contributed by atoms with van der Waals surface area (Å²) in [5.41, 5.74) is 4.95. The van der Waals surface area contributed by atoms with Crippen LogP contribution >= 0.6 is 11.6 Å². The van der Waals surface area contributed by atoms with Crippen LogP contribution < -0.4 is 5.32 Å². The molecule has 0 spiro atoms. The van der Waals surface area contributed by atoms with E-state index in [2.05, 4.69) is 37.4 Å². The van der Waals surface area contributed by atoms with Gasteiger partial charge in [-0.2, -0.15) is 0 Å². The lowest BCUT2D eigenvalue weighted by atomic mass is 10.1. The van der Waals surface area contributed by atoms with E-state index in [9.17, 15) is 0 Å². The SMILES string of the molecule is Cc1cccc(C)c1Nc1c(-c2ccco2)nc2ccc(Cl)cn12. The Hall–Kier alpha value is -2.72. The zero-order valence-electron chi connectivity index (χ0n) is 13.4. The quantitative estimate of drug-likeness (QED) is 0.528. The van der Waals surface area contributed by atoms with E-state index >= 15 is 0 Å². The summed E-state index contributed by atoms with van der Waals surface area (Å²) >= 11 is 6.19. The van der Waals surface area contributed by atoms with Crippen LogP contribution in [0.1, 0.15) is 11.1 Å². The Labute approximate surface area is 144 Å². The Morgan fingerprint density at radius 3 is 2.54 bits per heavy atom. The van der Waals surface area contributed by atoms with Crippen molar-refractivity contribution in [1.29, 1.82) is 0 Å². The third-order valence-electron chi connectivity index (χ3n) is 4.06. The number of para-hydroxylation sites is 1. The zero-order valence-corrected chi connectivity index (χ0v) is 14.1. The lowest BCUT2D eigenvalue weighted by Gasteiger charge is -2.13. The minimum absolute atomic E-state index is 0.649. The molecule has 0 amide bonds. The summed E-state index contributed by atoms with van der Waals surface area (Å²) in [6, 6.07) is 13.7. The van der Waals surface area contributed by atoms with Crippen LogP contribution in [0.4, 0.5) is 11.5 Å². The highest BCUT2D eigenvalue weighted by Crippen LogP contribution is 2.34.